The number of methoxy groups -OCH3 is 1. The lowest BCUT2D eigenvalue weighted by Gasteiger charge is -2.37. The van der Waals surface area contributed by atoms with Crippen LogP contribution in [0.15, 0.2) is 35.3 Å². The summed E-state index contributed by atoms with van der Waals surface area (Å²) in [6, 6.07) is 5.93. The highest BCUT2D eigenvalue weighted by atomic mass is 35.5. The van der Waals surface area contributed by atoms with Gasteiger partial charge in [0.25, 0.3) is 11.9 Å². The zero-order valence-corrected chi connectivity index (χ0v) is 25.7. The molecule has 1 amide bonds. The quantitative estimate of drug-likeness (QED) is 0.133. The smallest absolute Gasteiger partial charge is 0.434 e. The Labute approximate surface area is 252 Å². The van der Waals surface area contributed by atoms with Gasteiger partial charge in [0.2, 0.25) is 0 Å². The number of ether oxygens (including phenoxy) is 3. The van der Waals surface area contributed by atoms with Crippen molar-refractivity contribution in [1.29, 1.82) is 0 Å². The molecule has 2 heterocycles. The molecule has 0 unspecified atom stereocenters. The third-order valence-corrected chi connectivity index (χ3v) is 7.96. The Morgan fingerprint density at radius 2 is 2.05 bits per heavy atom. The van der Waals surface area contributed by atoms with Crippen molar-refractivity contribution in [3.05, 3.63) is 66.3 Å². The number of amides is 1. The summed E-state index contributed by atoms with van der Waals surface area (Å²) in [5, 5.41) is 20.8. The number of nitrogens with one attached hydrogen (secondary N) is 3. The van der Waals surface area contributed by atoms with Crippen LogP contribution in [-0.2, 0) is 25.5 Å². The zero-order valence-electron chi connectivity index (χ0n) is 24.1. The molecule has 0 bridgehead atoms. The van der Waals surface area contributed by atoms with Gasteiger partial charge in [-0.25, -0.2) is 19.9 Å². The maximum Gasteiger partial charge on any atom is 0.513 e. The Morgan fingerprint density at radius 1 is 1.33 bits per heavy atom. The van der Waals surface area contributed by atoms with Crippen LogP contribution in [0.5, 0.6) is 0 Å². The van der Waals surface area contributed by atoms with Crippen LogP contribution in [0.1, 0.15) is 54.2 Å². The molecular weight excluding hydrogens is 588 g/mol. The average Bonchev–Trinajstić information content (AvgIpc) is 3.48. The third-order valence-electron chi connectivity index (χ3n) is 6.84. The summed E-state index contributed by atoms with van der Waals surface area (Å²) in [5.74, 6) is 0.262. The Morgan fingerprint density at radius 3 is 2.62 bits per heavy atom. The van der Waals surface area contributed by atoms with E-state index in [1.807, 2.05) is 32.0 Å². The van der Waals surface area contributed by atoms with Gasteiger partial charge in [-0.3, -0.25) is 4.79 Å². The molecule has 42 heavy (non-hydrogen) atoms. The number of hydrogen-bond donors (Lipinski definition) is 3. The molecule has 1 saturated carbocycles. The number of thiazole rings is 1. The standard InChI is InChI=1S/C21H27NO5.C6H8ClN5O2S/c1-5-26-20(24)27-18-17(16-12-13(2)6-7-14(16)3)19(23)22-21(18)10-8-15(25-4)9-11-21;1-8-6(11-12(13)14)10-3-4-2-9-5(7)15-4/h6-7,12,15H,5,8-11H2,1-4H3,(H,22,23);2H,3H2,1H3,(H2,8,10,11)/t15-,21+;. The largest absolute Gasteiger partial charge is 0.513 e. The minimum Gasteiger partial charge on any atom is -0.434 e. The third kappa shape index (κ3) is 8.39. The van der Waals surface area contributed by atoms with Crippen LogP contribution >= 0.6 is 22.9 Å². The van der Waals surface area contributed by atoms with Gasteiger partial charge in [0.05, 0.1) is 30.4 Å². The number of rotatable bonds is 7. The molecular formula is C27H35ClN6O7S. The van der Waals surface area contributed by atoms with Crippen LogP contribution in [0, 0.1) is 24.0 Å². The molecule has 0 saturated heterocycles. The van der Waals surface area contributed by atoms with Gasteiger partial charge in [0.1, 0.15) is 10.9 Å². The van der Waals surface area contributed by atoms with Gasteiger partial charge in [-0.1, -0.05) is 35.4 Å². The van der Waals surface area contributed by atoms with Crippen molar-refractivity contribution in [3.63, 3.8) is 0 Å². The molecule has 1 fully saturated rings. The van der Waals surface area contributed by atoms with E-state index in [9.17, 15) is 19.7 Å². The number of aryl methyl sites for hydroxylation is 2. The van der Waals surface area contributed by atoms with E-state index in [2.05, 4.69) is 26.0 Å². The Hall–Kier alpha value is -3.75. The number of nitro groups is 1. The Bertz CT molecular complexity index is 1350. The molecule has 13 nitrogen and oxygen atoms in total. The van der Waals surface area contributed by atoms with Gasteiger partial charge in [-0.05, 0) is 57.6 Å². The normalized spacial score (nSPS) is 20.0. The zero-order chi connectivity index (χ0) is 30.9. The topological polar surface area (TPSA) is 166 Å². The fraction of sp³-hybridized carbons (Fsp3) is 0.481. The molecule has 3 N–H and O–H groups in total. The van der Waals surface area contributed by atoms with Crippen molar-refractivity contribution in [3.8, 4) is 0 Å². The lowest BCUT2D eigenvalue weighted by molar-refractivity contribution is -0.485. The number of hydrogen-bond acceptors (Lipinski definition) is 9. The van der Waals surface area contributed by atoms with E-state index in [-0.39, 0.29) is 24.6 Å². The van der Waals surface area contributed by atoms with Crippen molar-refractivity contribution in [2.45, 2.75) is 64.6 Å². The molecule has 15 heteroatoms. The van der Waals surface area contributed by atoms with E-state index in [0.717, 1.165) is 34.4 Å². The van der Waals surface area contributed by atoms with Gasteiger partial charge in [0.15, 0.2) is 9.50 Å². The first-order valence-corrected chi connectivity index (χ1v) is 14.5. The van der Waals surface area contributed by atoms with Crippen LogP contribution in [-0.4, -0.2) is 60.4 Å². The lowest BCUT2D eigenvalue weighted by Crippen LogP contribution is -2.49. The van der Waals surface area contributed by atoms with Crippen LogP contribution in [0.3, 0.4) is 0 Å². The predicted molar refractivity (Wildman–Crippen MR) is 159 cm³/mol. The van der Waals surface area contributed by atoms with E-state index in [1.54, 1.807) is 20.2 Å². The molecule has 2 aliphatic rings. The summed E-state index contributed by atoms with van der Waals surface area (Å²) in [7, 11) is 3.23. The lowest BCUT2D eigenvalue weighted by atomic mass is 9.79. The number of benzene rings is 1. The van der Waals surface area contributed by atoms with Crippen LogP contribution in [0.25, 0.3) is 5.57 Å². The second kappa shape index (κ2) is 14.9. The molecule has 0 radical (unpaired) electrons. The number of hydrazone groups is 1. The summed E-state index contributed by atoms with van der Waals surface area (Å²) in [6.07, 6.45) is 3.85. The fourth-order valence-corrected chi connectivity index (χ4v) is 5.69. The number of aromatic nitrogens is 1. The second-order valence-electron chi connectivity index (χ2n) is 9.65. The van der Waals surface area contributed by atoms with Crippen molar-refractivity contribution in [2.24, 2.45) is 5.10 Å². The minimum absolute atomic E-state index is 0.0875. The number of guanidine groups is 1. The van der Waals surface area contributed by atoms with Gasteiger partial charge >= 0.3 is 6.16 Å². The van der Waals surface area contributed by atoms with Gasteiger partial charge in [0, 0.05) is 25.2 Å². The van der Waals surface area contributed by atoms with Crippen molar-refractivity contribution >= 4 is 46.5 Å². The van der Waals surface area contributed by atoms with Crippen LogP contribution in [0.2, 0.25) is 4.47 Å². The molecule has 1 spiro atoms. The van der Waals surface area contributed by atoms with Crippen LogP contribution < -0.4 is 16.0 Å². The van der Waals surface area contributed by atoms with E-state index < -0.39 is 16.7 Å². The predicted octanol–water partition coefficient (Wildman–Crippen LogP) is 4.30. The molecule has 2 aromatic rings. The average molecular weight is 623 g/mol. The van der Waals surface area contributed by atoms with E-state index in [4.69, 9.17) is 25.8 Å². The van der Waals surface area contributed by atoms with Crippen LogP contribution in [0.4, 0.5) is 4.79 Å². The Kier molecular flexibility index (Phi) is 11.6. The molecule has 1 aliphatic heterocycles. The van der Waals surface area contributed by atoms with Gasteiger partial charge in [-0.2, -0.15) is 0 Å². The van der Waals surface area contributed by atoms with Gasteiger partial charge in [-0.15, -0.1) is 11.3 Å². The summed E-state index contributed by atoms with van der Waals surface area (Å²) >= 11 is 6.92. The summed E-state index contributed by atoms with van der Waals surface area (Å²) < 4.78 is 16.5. The monoisotopic (exact) mass is 622 g/mol. The van der Waals surface area contributed by atoms with Crippen molar-refractivity contribution < 1.29 is 28.8 Å². The van der Waals surface area contributed by atoms with Gasteiger partial charge < -0.3 is 30.2 Å². The first kappa shape index (κ1) is 32.8. The van der Waals surface area contributed by atoms with E-state index in [0.29, 0.717) is 35.2 Å². The van der Waals surface area contributed by atoms with Crippen molar-refractivity contribution in [1.82, 2.24) is 20.9 Å². The minimum atomic E-state index is -0.779. The number of carbonyl (C=O) groups is 2. The first-order chi connectivity index (χ1) is 20.0. The summed E-state index contributed by atoms with van der Waals surface area (Å²) in [5.41, 5.74) is 2.52. The SMILES string of the molecule is CCOC(=O)OC1=C(c2cc(C)ccc2C)C(=O)N[C@]12CC[C@@H](OC)CC2.CN/C(=N\[N+](=O)[O-])NCc1cnc(Cl)s1. The summed E-state index contributed by atoms with van der Waals surface area (Å²) in [4.78, 5) is 39.9. The number of halogens is 1. The van der Waals surface area contributed by atoms with Crippen molar-refractivity contribution in [2.75, 3.05) is 20.8 Å². The van der Waals surface area contributed by atoms with E-state index in [1.165, 1.54) is 18.4 Å². The maximum absolute atomic E-state index is 13.0. The molecule has 0 atom stereocenters. The molecule has 1 aromatic carbocycles. The first-order valence-electron chi connectivity index (χ1n) is 13.3. The number of nitrogens with zero attached hydrogens (tertiary/aromatic N) is 3. The fourth-order valence-electron chi connectivity index (χ4n) is 4.77. The second-order valence-corrected chi connectivity index (χ2v) is 11.3. The molecule has 1 aliphatic carbocycles. The maximum atomic E-state index is 13.0. The summed E-state index contributed by atoms with van der Waals surface area (Å²) in [6.45, 7) is 6.24. The number of carbonyl (C=O) groups excluding carboxylic acids is 2. The molecule has 4 rings (SSSR count). The Balaban J connectivity index is 0.000000274. The molecule has 1 aromatic heterocycles. The molecule has 228 valence electrons. The van der Waals surface area contributed by atoms with E-state index >= 15 is 0 Å². The highest BCUT2D eigenvalue weighted by Gasteiger charge is 2.50. The highest BCUT2D eigenvalue weighted by Crippen LogP contribution is 2.44. The highest BCUT2D eigenvalue weighted by molar-refractivity contribution is 7.15.